The van der Waals surface area contributed by atoms with Crippen LogP contribution in [0.25, 0.3) is 11.0 Å². The van der Waals surface area contributed by atoms with Gasteiger partial charge in [0.2, 0.25) is 11.8 Å². The molecule has 1 aromatic carbocycles. The number of likely N-dealkylation sites (N-methyl/N-ethyl adjacent to an activating group) is 1. The van der Waals surface area contributed by atoms with E-state index in [0.29, 0.717) is 24.4 Å². The second-order valence-corrected chi connectivity index (χ2v) is 7.58. The fourth-order valence-electron chi connectivity index (χ4n) is 2.82. The van der Waals surface area contributed by atoms with Gasteiger partial charge in [-0.1, -0.05) is 6.92 Å². The largest absolute Gasteiger partial charge is 0.423 e. The number of hydrogen-bond donors (Lipinski definition) is 2. The van der Waals surface area contributed by atoms with Crippen LogP contribution in [0.15, 0.2) is 33.5 Å². The molecule has 0 spiro atoms. The fraction of sp³-hybridized carbons (Fsp3) is 0.450. The highest BCUT2D eigenvalue weighted by atomic mass is 16.4. The highest BCUT2D eigenvalue weighted by Gasteiger charge is 2.17. The number of hydrogen-bond acceptors (Lipinski definition) is 5. The molecule has 7 nitrogen and oxygen atoms in total. The number of carbonyl (C=O) groups excluding carboxylic acids is 2. The molecule has 0 aliphatic rings. The van der Waals surface area contributed by atoms with Gasteiger partial charge in [-0.25, -0.2) is 4.79 Å². The predicted molar refractivity (Wildman–Crippen MR) is 106 cm³/mol. The summed E-state index contributed by atoms with van der Waals surface area (Å²) in [7, 11) is 0. The highest BCUT2D eigenvalue weighted by Crippen LogP contribution is 2.22. The summed E-state index contributed by atoms with van der Waals surface area (Å²) < 4.78 is 5.28. The zero-order valence-electron chi connectivity index (χ0n) is 16.5. The fourth-order valence-corrected chi connectivity index (χ4v) is 2.82. The minimum absolute atomic E-state index is 0.0652. The first-order valence-electron chi connectivity index (χ1n) is 8.95. The molecule has 7 heteroatoms. The zero-order chi connectivity index (χ0) is 20.2. The van der Waals surface area contributed by atoms with Crippen LogP contribution < -0.4 is 16.3 Å². The maximum atomic E-state index is 12.2. The van der Waals surface area contributed by atoms with Gasteiger partial charge in [0.05, 0.1) is 6.54 Å². The third-order valence-corrected chi connectivity index (χ3v) is 3.87. The van der Waals surface area contributed by atoms with Gasteiger partial charge in [0.1, 0.15) is 5.58 Å². The SMILES string of the molecule is CCN(CC(=O)NC(C)(C)C)Cc1cc(=O)oc2cc(NC(C)=O)ccc12. The number of nitrogens with zero attached hydrogens (tertiary/aromatic N) is 1. The Hall–Kier alpha value is -2.67. The molecule has 0 aliphatic heterocycles. The number of nitrogens with one attached hydrogen (secondary N) is 2. The maximum absolute atomic E-state index is 12.2. The first-order chi connectivity index (χ1) is 12.6. The zero-order valence-corrected chi connectivity index (χ0v) is 16.5. The molecular weight excluding hydrogens is 346 g/mol. The van der Waals surface area contributed by atoms with Crippen LogP contribution in [0.3, 0.4) is 0 Å². The van der Waals surface area contributed by atoms with E-state index in [1.54, 1.807) is 12.1 Å². The van der Waals surface area contributed by atoms with Crippen molar-refractivity contribution >= 4 is 28.5 Å². The molecule has 1 heterocycles. The van der Waals surface area contributed by atoms with Crippen molar-refractivity contribution in [3.63, 3.8) is 0 Å². The number of amides is 2. The van der Waals surface area contributed by atoms with Crippen LogP contribution in [0.2, 0.25) is 0 Å². The van der Waals surface area contributed by atoms with Crippen molar-refractivity contribution < 1.29 is 14.0 Å². The number of rotatable bonds is 6. The molecule has 0 unspecified atom stereocenters. The third kappa shape index (κ3) is 6.21. The Kier molecular flexibility index (Phi) is 6.38. The van der Waals surface area contributed by atoms with E-state index < -0.39 is 5.63 Å². The lowest BCUT2D eigenvalue weighted by Gasteiger charge is -2.25. The Labute approximate surface area is 158 Å². The molecule has 0 radical (unpaired) electrons. The lowest BCUT2D eigenvalue weighted by molar-refractivity contribution is -0.123. The van der Waals surface area contributed by atoms with E-state index in [1.165, 1.54) is 13.0 Å². The van der Waals surface area contributed by atoms with Gasteiger partial charge in [0.25, 0.3) is 0 Å². The van der Waals surface area contributed by atoms with Crippen LogP contribution in [0.1, 0.15) is 40.2 Å². The molecule has 146 valence electrons. The van der Waals surface area contributed by atoms with E-state index in [4.69, 9.17) is 4.42 Å². The topological polar surface area (TPSA) is 91.7 Å². The van der Waals surface area contributed by atoms with E-state index in [1.807, 2.05) is 38.7 Å². The van der Waals surface area contributed by atoms with Gasteiger partial charge in [-0.15, -0.1) is 0 Å². The van der Waals surface area contributed by atoms with Crippen LogP contribution in [0.5, 0.6) is 0 Å². The lowest BCUT2D eigenvalue weighted by atomic mass is 10.1. The molecule has 27 heavy (non-hydrogen) atoms. The third-order valence-electron chi connectivity index (χ3n) is 3.87. The van der Waals surface area contributed by atoms with E-state index in [2.05, 4.69) is 10.6 Å². The second-order valence-electron chi connectivity index (χ2n) is 7.58. The standard InChI is InChI=1S/C20H27N3O4/c1-6-23(12-18(25)22-20(3,4)5)11-14-9-19(26)27-17-10-15(21-13(2)24)7-8-16(14)17/h7-10H,6,11-12H2,1-5H3,(H,21,24)(H,22,25). The first-order valence-corrected chi connectivity index (χ1v) is 8.95. The molecular formula is C20H27N3O4. The van der Waals surface area contributed by atoms with Crippen molar-refractivity contribution in [2.75, 3.05) is 18.4 Å². The van der Waals surface area contributed by atoms with Gasteiger partial charge in [0.15, 0.2) is 0 Å². The summed E-state index contributed by atoms with van der Waals surface area (Å²) in [6, 6.07) is 6.65. The number of benzene rings is 1. The Balaban J connectivity index is 2.27. The molecule has 0 fully saturated rings. The van der Waals surface area contributed by atoms with Crippen LogP contribution in [-0.4, -0.2) is 35.3 Å². The molecule has 0 bridgehead atoms. The van der Waals surface area contributed by atoms with Crippen LogP contribution in [-0.2, 0) is 16.1 Å². The molecule has 0 aliphatic carbocycles. The molecule has 2 amide bonds. The average molecular weight is 373 g/mol. The van der Waals surface area contributed by atoms with E-state index >= 15 is 0 Å². The monoisotopic (exact) mass is 373 g/mol. The van der Waals surface area contributed by atoms with Crippen molar-refractivity contribution in [1.82, 2.24) is 10.2 Å². The average Bonchev–Trinajstić information content (AvgIpc) is 2.51. The Morgan fingerprint density at radius 3 is 2.48 bits per heavy atom. The van der Waals surface area contributed by atoms with Crippen molar-refractivity contribution in [2.45, 2.75) is 46.7 Å². The summed E-state index contributed by atoms with van der Waals surface area (Å²) in [5.74, 6) is -0.264. The van der Waals surface area contributed by atoms with E-state index in [-0.39, 0.29) is 23.9 Å². The molecule has 2 aromatic rings. The number of fused-ring (bicyclic) bond motifs is 1. The van der Waals surface area contributed by atoms with Gasteiger partial charge in [0, 0.05) is 42.2 Å². The summed E-state index contributed by atoms with van der Waals surface area (Å²) >= 11 is 0. The van der Waals surface area contributed by atoms with Crippen molar-refractivity contribution in [1.29, 1.82) is 0 Å². The van der Waals surface area contributed by atoms with E-state index in [9.17, 15) is 14.4 Å². The number of carbonyl (C=O) groups is 2. The Morgan fingerprint density at radius 2 is 1.89 bits per heavy atom. The summed E-state index contributed by atoms with van der Waals surface area (Å²) in [5, 5.41) is 6.39. The van der Waals surface area contributed by atoms with E-state index in [0.717, 1.165) is 10.9 Å². The predicted octanol–water partition coefficient (Wildman–Crippen LogP) is 2.49. The molecule has 1 aromatic heterocycles. The minimum atomic E-state index is -0.465. The van der Waals surface area contributed by atoms with Crippen LogP contribution in [0.4, 0.5) is 5.69 Å². The van der Waals surface area contributed by atoms with Crippen LogP contribution in [0, 0.1) is 0 Å². The number of anilines is 1. The first kappa shape index (κ1) is 20.6. The molecule has 0 saturated carbocycles. The minimum Gasteiger partial charge on any atom is -0.423 e. The summed E-state index contributed by atoms with van der Waals surface area (Å²) in [4.78, 5) is 37.4. The maximum Gasteiger partial charge on any atom is 0.336 e. The normalized spacial score (nSPS) is 11.6. The lowest BCUT2D eigenvalue weighted by Crippen LogP contribution is -2.45. The van der Waals surface area contributed by atoms with Crippen LogP contribution >= 0.6 is 0 Å². The Bertz CT molecular complexity index is 896. The van der Waals surface area contributed by atoms with Gasteiger partial charge in [-0.05, 0) is 45.0 Å². The molecule has 0 atom stereocenters. The smallest absolute Gasteiger partial charge is 0.336 e. The van der Waals surface area contributed by atoms with Crippen molar-refractivity contribution in [3.8, 4) is 0 Å². The quantitative estimate of drug-likeness (QED) is 0.759. The molecule has 0 saturated heterocycles. The highest BCUT2D eigenvalue weighted by molar-refractivity contribution is 5.92. The molecule has 2 rings (SSSR count). The van der Waals surface area contributed by atoms with Gasteiger partial charge >= 0.3 is 5.63 Å². The summed E-state index contributed by atoms with van der Waals surface area (Å²) in [6.07, 6.45) is 0. The van der Waals surface area contributed by atoms with Gasteiger partial charge in [-0.3, -0.25) is 14.5 Å². The van der Waals surface area contributed by atoms with Crippen molar-refractivity contribution in [2.24, 2.45) is 0 Å². The molecule has 2 N–H and O–H groups in total. The Morgan fingerprint density at radius 1 is 1.19 bits per heavy atom. The van der Waals surface area contributed by atoms with Gasteiger partial charge in [-0.2, -0.15) is 0 Å². The summed E-state index contributed by atoms with van der Waals surface area (Å²) in [6.45, 7) is 10.5. The second kappa shape index (κ2) is 8.35. The summed E-state index contributed by atoms with van der Waals surface area (Å²) in [5.41, 5.74) is 0.983. The van der Waals surface area contributed by atoms with Gasteiger partial charge < -0.3 is 15.1 Å². The van der Waals surface area contributed by atoms with Crippen molar-refractivity contribution in [3.05, 3.63) is 40.2 Å².